The van der Waals surface area contributed by atoms with Gasteiger partial charge >= 0.3 is 0 Å². The summed E-state index contributed by atoms with van der Waals surface area (Å²) < 4.78 is 0. The first-order valence-corrected chi connectivity index (χ1v) is 6.69. The highest BCUT2D eigenvalue weighted by molar-refractivity contribution is 5.96. The fraction of sp³-hybridized carbons (Fsp3) is 0.533. The SMILES string of the molecule is CCC(=O)c1ccc(NC2CCCCC2)cc1. The lowest BCUT2D eigenvalue weighted by Crippen LogP contribution is -2.22. The van der Waals surface area contributed by atoms with Gasteiger partial charge in [0.2, 0.25) is 0 Å². The molecule has 0 bridgehead atoms. The minimum absolute atomic E-state index is 0.217. The van der Waals surface area contributed by atoms with Crippen LogP contribution in [0.2, 0.25) is 0 Å². The molecule has 2 heteroatoms. The minimum Gasteiger partial charge on any atom is -0.382 e. The monoisotopic (exact) mass is 231 g/mol. The maximum Gasteiger partial charge on any atom is 0.162 e. The number of hydrogen-bond acceptors (Lipinski definition) is 2. The van der Waals surface area contributed by atoms with Crippen LogP contribution in [0.15, 0.2) is 24.3 Å². The van der Waals surface area contributed by atoms with Crippen molar-refractivity contribution in [2.24, 2.45) is 0 Å². The molecule has 1 aromatic rings. The summed E-state index contributed by atoms with van der Waals surface area (Å²) in [5, 5.41) is 3.55. The number of anilines is 1. The molecule has 0 amide bonds. The van der Waals surface area contributed by atoms with Crippen LogP contribution in [0.25, 0.3) is 0 Å². The minimum atomic E-state index is 0.217. The van der Waals surface area contributed by atoms with Crippen molar-refractivity contribution in [3.63, 3.8) is 0 Å². The zero-order valence-electron chi connectivity index (χ0n) is 10.5. The molecule has 92 valence electrons. The van der Waals surface area contributed by atoms with E-state index in [0.29, 0.717) is 12.5 Å². The second-order valence-corrected chi connectivity index (χ2v) is 4.83. The van der Waals surface area contributed by atoms with E-state index in [-0.39, 0.29) is 5.78 Å². The number of rotatable bonds is 4. The standard InChI is InChI=1S/C15H21NO/c1-2-15(17)12-8-10-14(11-9-12)16-13-6-4-3-5-7-13/h8-11,13,16H,2-7H2,1H3. The smallest absolute Gasteiger partial charge is 0.162 e. The average molecular weight is 231 g/mol. The van der Waals surface area contributed by atoms with Crippen molar-refractivity contribution in [3.05, 3.63) is 29.8 Å². The van der Waals surface area contributed by atoms with Gasteiger partial charge in [-0.2, -0.15) is 0 Å². The third-order valence-corrected chi connectivity index (χ3v) is 3.50. The quantitative estimate of drug-likeness (QED) is 0.793. The van der Waals surface area contributed by atoms with Crippen molar-refractivity contribution >= 4 is 11.5 Å². The van der Waals surface area contributed by atoms with Crippen LogP contribution < -0.4 is 5.32 Å². The van der Waals surface area contributed by atoms with E-state index in [2.05, 4.69) is 5.32 Å². The number of hydrogen-bond donors (Lipinski definition) is 1. The predicted molar refractivity (Wildman–Crippen MR) is 71.6 cm³/mol. The van der Waals surface area contributed by atoms with Gasteiger partial charge in [0.25, 0.3) is 0 Å². The molecule has 1 N–H and O–H groups in total. The van der Waals surface area contributed by atoms with Crippen molar-refractivity contribution in [1.29, 1.82) is 0 Å². The van der Waals surface area contributed by atoms with E-state index in [1.165, 1.54) is 32.1 Å². The summed E-state index contributed by atoms with van der Waals surface area (Å²) >= 11 is 0. The predicted octanol–water partition coefficient (Wildman–Crippen LogP) is 4.02. The molecule has 1 aliphatic rings. The molecule has 0 heterocycles. The van der Waals surface area contributed by atoms with Gasteiger partial charge in [0.15, 0.2) is 5.78 Å². The number of Topliss-reactive ketones (excluding diaryl/α,β-unsaturated/α-hetero) is 1. The number of carbonyl (C=O) groups excluding carboxylic acids is 1. The van der Waals surface area contributed by atoms with E-state index in [4.69, 9.17) is 0 Å². The van der Waals surface area contributed by atoms with Crippen molar-refractivity contribution in [2.45, 2.75) is 51.5 Å². The van der Waals surface area contributed by atoms with Crippen LogP contribution in [-0.4, -0.2) is 11.8 Å². The highest BCUT2D eigenvalue weighted by atomic mass is 16.1. The van der Waals surface area contributed by atoms with Crippen LogP contribution >= 0.6 is 0 Å². The molecule has 0 aliphatic heterocycles. The zero-order chi connectivity index (χ0) is 12.1. The zero-order valence-corrected chi connectivity index (χ0v) is 10.5. The van der Waals surface area contributed by atoms with Gasteiger partial charge in [0, 0.05) is 23.7 Å². The maximum absolute atomic E-state index is 11.5. The molecule has 0 unspecified atom stereocenters. The summed E-state index contributed by atoms with van der Waals surface area (Å²) in [7, 11) is 0. The van der Waals surface area contributed by atoms with Gasteiger partial charge in [-0.15, -0.1) is 0 Å². The molecule has 1 saturated carbocycles. The summed E-state index contributed by atoms with van der Waals surface area (Å²) in [5.74, 6) is 0.217. The molecule has 0 spiro atoms. The number of ketones is 1. The Kier molecular flexibility index (Phi) is 4.18. The Morgan fingerprint density at radius 3 is 2.41 bits per heavy atom. The molecule has 2 nitrogen and oxygen atoms in total. The third kappa shape index (κ3) is 3.32. The first-order valence-electron chi connectivity index (χ1n) is 6.69. The normalized spacial score (nSPS) is 16.8. The van der Waals surface area contributed by atoms with Crippen LogP contribution in [0.3, 0.4) is 0 Å². The van der Waals surface area contributed by atoms with E-state index in [9.17, 15) is 4.79 Å². The topological polar surface area (TPSA) is 29.1 Å². The van der Waals surface area contributed by atoms with Crippen LogP contribution in [0.5, 0.6) is 0 Å². The molecule has 2 rings (SSSR count). The molecule has 0 atom stereocenters. The molecule has 0 radical (unpaired) electrons. The first kappa shape index (κ1) is 12.2. The average Bonchev–Trinajstić information content (AvgIpc) is 2.40. The lowest BCUT2D eigenvalue weighted by atomic mass is 9.95. The van der Waals surface area contributed by atoms with Crippen LogP contribution in [0.1, 0.15) is 55.8 Å². The summed E-state index contributed by atoms with van der Waals surface area (Å²) in [6, 6.07) is 8.53. The van der Waals surface area contributed by atoms with Crippen LogP contribution in [0, 0.1) is 0 Å². The summed E-state index contributed by atoms with van der Waals surface area (Å²) in [6.07, 6.45) is 7.18. The maximum atomic E-state index is 11.5. The van der Waals surface area contributed by atoms with Crippen molar-refractivity contribution in [1.82, 2.24) is 0 Å². The molecule has 0 aromatic heterocycles. The highest BCUT2D eigenvalue weighted by Crippen LogP contribution is 2.21. The lowest BCUT2D eigenvalue weighted by molar-refractivity contribution is 0.0988. The second-order valence-electron chi connectivity index (χ2n) is 4.83. The fourth-order valence-corrected chi connectivity index (χ4v) is 2.44. The molecular weight excluding hydrogens is 210 g/mol. The molecule has 1 aromatic carbocycles. The Labute approximate surface area is 103 Å². The molecule has 1 fully saturated rings. The van der Waals surface area contributed by atoms with E-state index >= 15 is 0 Å². The summed E-state index contributed by atoms with van der Waals surface area (Å²) in [4.78, 5) is 11.5. The Morgan fingerprint density at radius 2 is 1.82 bits per heavy atom. The molecule has 1 aliphatic carbocycles. The van der Waals surface area contributed by atoms with Crippen molar-refractivity contribution in [3.8, 4) is 0 Å². The van der Waals surface area contributed by atoms with Crippen LogP contribution in [-0.2, 0) is 0 Å². The van der Waals surface area contributed by atoms with Crippen molar-refractivity contribution in [2.75, 3.05) is 5.32 Å². The van der Waals surface area contributed by atoms with Gasteiger partial charge in [-0.25, -0.2) is 0 Å². The Bertz CT molecular complexity index is 363. The van der Waals surface area contributed by atoms with Gasteiger partial charge in [0.05, 0.1) is 0 Å². The number of nitrogens with one attached hydrogen (secondary N) is 1. The van der Waals surface area contributed by atoms with E-state index in [0.717, 1.165) is 11.3 Å². The first-order chi connectivity index (χ1) is 8.29. The highest BCUT2D eigenvalue weighted by Gasteiger charge is 2.12. The number of carbonyl (C=O) groups is 1. The largest absolute Gasteiger partial charge is 0.382 e. The number of benzene rings is 1. The van der Waals surface area contributed by atoms with Gasteiger partial charge < -0.3 is 5.32 Å². The van der Waals surface area contributed by atoms with Gasteiger partial charge in [-0.3, -0.25) is 4.79 Å². The third-order valence-electron chi connectivity index (χ3n) is 3.50. The van der Waals surface area contributed by atoms with Crippen LogP contribution in [0.4, 0.5) is 5.69 Å². The Morgan fingerprint density at radius 1 is 1.18 bits per heavy atom. The van der Waals surface area contributed by atoms with E-state index in [1.807, 2.05) is 31.2 Å². The lowest BCUT2D eigenvalue weighted by Gasteiger charge is -2.23. The van der Waals surface area contributed by atoms with Crippen molar-refractivity contribution < 1.29 is 4.79 Å². The Balaban J connectivity index is 1.95. The van der Waals surface area contributed by atoms with E-state index < -0.39 is 0 Å². The Hall–Kier alpha value is -1.31. The van der Waals surface area contributed by atoms with E-state index in [1.54, 1.807) is 0 Å². The van der Waals surface area contributed by atoms with Gasteiger partial charge in [0.1, 0.15) is 0 Å². The molecule has 0 saturated heterocycles. The second kappa shape index (κ2) is 5.85. The summed E-state index contributed by atoms with van der Waals surface area (Å²) in [6.45, 7) is 1.90. The summed E-state index contributed by atoms with van der Waals surface area (Å²) in [5.41, 5.74) is 1.96. The molecule has 17 heavy (non-hydrogen) atoms. The van der Waals surface area contributed by atoms with Gasteiger partial charge in [-0.05, 0) is 37.1 Å². The molecular formula is C15H21NO. The fourth-order valence-electron chi connectivity index (χ4n) is 2.44. The van der Waals surface area contributed by atoms with Gasteiger partial charge in [-0.1, -0.05) is 26.2 Å².